The highest BCUT2D eigenvalue weighted by Gasteiger charge is 2.34. The van der Waals surface area contributed by atoms with Crippen LogP contribution < -0.4 is 10.2 Å². The van der Waals surface area contributed by atoms with Gasteiger partial charge in [-0.05, 0) is 20.4 Å². The van der Waals surface area contributed by atoms with Crippen LogP contribution in [0.5, 0.6) is 0 Å². The SMILES string of the molecule is CCc1nc(N2C[C@H](CNC)OC2=O)c(C)s1. The van der Waals surface area contributed by atoms with Gasteiger partial charge in [0.1, 0.15) is 6.10 Å². The molecule has 1 aromatic rings. The second kappa shape index (κ2) is 5.01. The maximum Gasteiger partial charge on any atom is 0.416 e. The van der Waals surface area contributed by atoms with Crippen LogP contribution in [0.1, 0.15) is 16.8 Å². The van der Waals surface area contributed by atoms with Gasteiger partial charge in [-0.15, -0.1) is 11.3 Å². The first-order valence-corrected chi connectivity index (χ1v) is 6.56. The number of ether oxygens (including phenoxy) is 1. The Bertz CT molecular complexity index is 419. The molecule has 0 bridgehead atoms. The first-order valence-electron chi connectivity index (χ1n) is 5.74. The van der Waals surface area contributed by atoms with Crippen molar-refractivity contribution in [2.45, 2.75) is 26.4 Å². The highest BCUT2D eigenvalue weighted by Crippen LogP contribution is 2.29. The van der Waals surface area contributed by atoms with Crippen LogP contribution in [-0.2, 0) is 11.2 Å². The minimum Gasteiger partial charge on any atom is -0.443 e. The average Bonchev–Trinajstić information content (AvgIpc) is 2.82. The van der Waals surface area contributed by atoms with Crippen LogP contribution >= 0.6 is 11.3 Å². The molecular formula is C11H17N3O2S. The molecule has 5 nitrogen and oxygen atoms in total. The Kier molecular flexibility index (Phi) is 3.63. The van der Waals surface area contributed by atoms with E-state index in [0.717, 1.165) is 22.1 Å². The monoisotopic (exact) mass is 255 g/mol. The van der Waals surface area contributed by atoms with Gasteiger partial charge in [0.25, 0.3) is 0 Å². The molecule has 1 N–H and O–H groups in total. The second-order valence-electron chi connectivity index (χ2n) is 4.02. The Morgan fingerprint density at radius 3 is 3.00 bits per heavy atom. The van der Waals surface area contributed by atoms with Gasteiger partial charge < -0.3 is 10.1 Å². The summed E-state index contributed by atoms with van der Waals surface area (Å²) in [5.74, 6) is 0.760. The van der Waals surface area contributed by atoms with E-state index in [-0.39, 0.29) is 12.2 Å². The molecule has 2 heterocycles. The van der Waals surface area contributed by atoms with Crippen molar-refractivity contribution in [3.63, 3.8) is 0 Å². The Hall–Kier alpha value is -1.14. The molecular weight excluding hydrogens is 238 g/mol. The van der Waals surface area contributed by atoms with Crippen molar-refractivity contribution in [2.75, 3.05) is 25.0 Å². The van der Waals surface area contributed by atoms with E-state index in [1.54, 1.807) is 16.2 Å². The minimum atomic E-state index is -0.290. The van der Waals surface area contributed by atoms with Crippen LogP contribution in [0.25, 0.3) is 0 Å². The smallest absolute Gasteiger partial charge is 0.416 e. The van der Waals surface area contributed by atoms with Crippen LogP contribution in [0, 0.1) is 6.92 Å². The third-order valence-electron chi connectivity index (χ3n) is 2.68. The Balaban J connectivity index is 2.16. The predicted molar refractivity (Wildman–Crippen MR) is 67.8 cm³/mol. The van der Waals surface area contributed by atoms with Gasteiger partial charge in [-0.1, -0.05) is 6.92 Å². The number of amides is 1. The van der Waals surface area contributed by atoms with E-state index >= 15 is 0 Å². The zero-order chi connectivity index (χ0) is 12.4. The fourth-order valence-electron chi connectivity index (χ4n) is 1.87. The quantitative estimate of drug-likeness (QED) is 0.887. The number of likely N-dealkylation sites (N-methyl/N-ethyl adjacent to an activating group) is 1. The number of hydrogen-bond acceptors (Lipinski definition) is 5. The Morgan fingerprint density at radius 1 is 1.65 bits per heavy atom. The number of rotatable bonds is 4. The van der Waals surface area contributed by atoms with Gasteiger partial charge in [-0.25, -0.2) is 9.78 Å². The number of carbonyl (C=O) groups excluding carboxylic acids is 1. The summed E-state index contributed by atoms with van der Waals surface area (Å²) in [7, 11) is 1.85. The lowest BCUT2D eigenvalue weighted by Crippen LogP contribution is -2.29. The van der Waals surface area contributed by atoms with Gasteiger partial charge in [0.2, 0.25) is 0 Å². The van der Waals surface area contributed by atoms with Crippen molar-refractivity contribution in [3.05, 3.63) is 9.88 Å². The summed E-state index contributed by atoms with van der Waals surface area (Å²) in [4.78, 5) is 18.9. The first-order chi connectivity index (χ1) is 8.15. The molecule has 1 fully saturated rings. The van der Waals surface area contributed by atoms with Crippen LogP contribution in [0.3, 0.4) is 0 Å². The number of thiazole rings is 1. The molecule has 1 aliphatic heterocycles. The second-order valence-corrected chi connectivity index (χ2v) is 5.30. The molecule has 1 aliphatic rings. The van der Waals surface area contributed by atoms with Crippen molar-refractivity contribution < 1.29 is 9.53 Å². The summed E-state index contributed by atoms with van der Waals surface area (Å²) in [5, 5.41) is 4.07. The molecule has 0 radical (unpaired) electrons. The molecule has 17 heavy (non-hydrogen) atoms. The highest BCUT2D eigenvalue weighted by atomic mass is 32.1. The third kappa shape index (κ3) is 2.42. The number of nitrogens with one attached hydrogen (secondary N) is 1. The van der Waals surface area contributed by atoms with E-state index in [0.29, 0.717) is 13.1 Å². The van der Waals surface area contributed by atoms with Crippen LogP contribution in [0.4, 0.5) is 10.6 Å². The molecule has 0 spiro atoms. The Labute approximate surface area is 105 Å². The lowest BCUT2D eigenvalue weighted by molar-refractivity contribution is 0.141. The largest absolute Gasteiger partial charge is 0.443 e. The van der Waals surface area contributed by atoms with Crippen molar-refractivity contribution in [3.8, 4) is 0 Å². The number of nitrogens with zero attached hydrogens (tertiary/aromatic N) is 2. The maximum absolute atomic E-state index is 11.8. The van der Waals surface area contributed by atoms with Gasteiger partial charge in [0.05, 0.1) is 11.6 Å². The first kappa shape index (κ1) is 12.3. The predicted octanol–water partition coefficient (Wildman–Crippen LogP) is 1.56. The van der Waals surface area contributed by atoms with Crippen molar-refractivity contribution >= 4 is 23.2 Å². The van der Waals surface area contributed by atoms with E-state index in [9.17, 15) is 4.79 Å². The molecule has 1 amide bonds. The standard InChI is InChI=1S/C11H17N3O2S/c1-4-9-13-10(7(2)17-9)14-6-8(5-12-3)16-11(14)15/h8,12H,4-6H2,1-3H3/t8-/m0/s1. The fourth-order valence-corrected chi connectivity index (χ4v) is 2.75. The molecule has 0 unspecified atom stereocenters. The van der Waals surface area contributed by atoms with E-state index in [4.69, 9.17) is 4.74 Å². The Morgan fingerprint density at radius 2 is 2.41 bits per heavy atom. The van der Waals surface area contributed by atoms with Gasteiger partial charge in [0, 0.05) is 11.4 Å². The molecule has 0 aliphatic carbocycles. The van der Waals surface area contributed by atoms with Crippen LogP contribution in [0.2, 0.25) is 0 Å². The van der Waals surface area contributed by atoms with Crippen molar-refractivity contribution in [1.82, 2.24) is 10.3 Å². The molecule has 1 aromatic heterocycles. The summed E-state index contributed by atoms with van der Waals surface area (Å²) in [6.45, 7) is 5.30. The van der Waals surface area contributed by atoms with Crippen LogP contribution in [0.15, 0.2) is 0 Å². The minimum absolute atomic E-state index is 0.0846. The summed E-state index contributed by atoms with van der Waals surface area (Å²) in [6, 6.07) is 0. The molecule has 94 valence electrons. The average molecular weight is 255 g/mol. The maximum atomic E-state index is 11.8. The number of aromatic nitrogens is 1. The van der Waals surface area contributed by atoms with Gasteiger partial charge in [-0.2, -0.15) is 0 Å². The molecule has 1 saturated heterocycles. The zero-order valence-corrected chi connectivity index (χ0v) is 11.1. The van der Waals surface area contributed by atoms with Gasteiger partial charge in [-0.3, -0.25) is 4.90 Å². The summed E-state index contributed by atoms with van der Waals surface area (Å²) in [6.07, 6.45) is 0.522. The normalized spacial score (nSPS) is 19.8. The summed E-state index contributed by atoms with van der Waals surface area (Å²) in [5.41, 5.74) is 0. The summed E-state index contributed by atoms with van der Waals surface area (Å²) < 4.78 is 5.26. The lowest BCUT2D eigenvalue weighted by Gasteiger charge is -2.10. The molecule has 2 rings (SSSR count). The number of anilines is 1. The zero-order valence-electron chi connectivity index (χ0n) is 10.3. The molecule has 0 aromatic carbocycles. The number of aryl methyl sites for hydroxylation is 2. The topological polar surface area (TPSA) is 54.5 Å². The lowest BCUT2D eigenvalue weighted by atomic mass is 10.3. The van der Waals surface area contributed by atoms with Crippen molar-refractivity contribution in [2.24, 2.45) is 0 Å². The number of carbonyl (C=O) groups is 1. The third-order valence-corrected chi connectivity index (χ3v) is 3.78. The van der Waals surface area contributed by atoms with E-state index in [1.165, 1.54) is 0 Å². The van der Waals surface area contributed by atoms with Gasteiger partial charge in [0.15, 0.2) is 5.82 Å². The van der Waals surface area contributed by atoms with Crippen molar-refractivity contribution in [1.29, 1.82) is 0 Å². The van der Waals surface area contributed by atoms with E-state index < -0.39 is 0 Å². The summed E-state index contributed by atoms with van der Waals surface area (Å²) >= 11 is 1.64. The molecule has 6 heteroatoms. The highest BCUT2D eigenvalue weighted by molar-refractivity contribution is 7.12. The van der Waals surface area contributed by atoms with E-state index in [1.807, 2.05) is 14.0 Å². The molecule has 0 saturated carbocycles. The van der Waals surface area contributed by atoms with Crippen LogP contribution in [-0.4, -0.2) is 37.3 Å². The molecule has 1 atom stereocenters. The van der Waals surface area contributed by atoms with Gasteiger partial charge >= 0.3 is 6.09 Å². The van der Waals surface area contributed by atoms with E-state index in [2.05, 4.69) is 17.2 Å². The fraction of sp³-hybridized carbons (Fsp3) is 0.636. The number of hydrogen-bond donors (Lipinski definition) is 1. The number of cyclic esters (lactones) is 1.